The lowest BCUT2D eigenvalue weighted by atomic mass is 10.0. The van der Waals surface area contributed by atoms with Crippen molar-refractivity contribution in [2.24, 2.45) is 0 Å². The Bertz CT molecular complexity index is 1760. The van der Waals surface area contributed by atoms with E-state index in [0.717, 1.165) is 61.6 Å². The first-order chi connectivity index (χ1) is 19.9. The third-order valence-electron chi connectivity index (χ3n) is 7.25. The number of hydrogen-bond donors (Lipinski definition) is 0. The number of ether oxygens (including phenoxy) is 1. The normalized spacial score (nSPS) is 12.1. The lowest BCUT2D eigenvalue weighted by molar-refractivity contribution is 0.205. The fraction of sp³-hybridized carbons (Fsp3) is 0.171. The first kappa shape index (κ1) is 26.3. The summed E-state index contributed by atoms with van der Waals surface area (Å²) in [4.78, 5) is 9.82. The van der Waals surface area contributed by atoms with Gasteiger partial charge in [0.25, 0.3) is 0 Å². The quantitative estimate of drug-likeness (QED) is 0.181. The number of fused-ring (bicyclic) bond motifs is 1. The first-order valence-electron chi connectivity index (χ1n) is 13.8. The Hall–Kier alpha value is -4.97. The number of benzene rings is 2. The molecule has 1 unspecified atom stereocenters. The van der Waals surface area contributed by atoms with Gasteiger partial charge in [0.15, 0.2) is 0 Å². The summed E-state index contributed by atoms with van der Waals surface area (Å²) in [5.41, 5.74) is 9.79. The van der Waals surface area contributed by atoms with Crippen molar-refractivity contribution in [3.8, 4) is 22.3 Å². The van der Waals surface area contributed by atoms with Crippen LogP contribution >= 0.6 is 0 Å². The minimum atomic E-state index is -0.158. The smallest absolute Gasteiger partial charge is 0.141 e. The summed E-state index contributed by atoms with van der Waals surface area (Å²) < 4.78 is 13.6. The van der Waals surface area contributed by atoms with Crippen molar-refractivity contribution in [1.29, 1.82) is 0 Å². The number of aromatic nitrogens is 4. The zero-order valence-electron chi connectivity index (χ0n) is 23.7. The molecule has 6 rings (SSSR count). The third-order valence-corrected chi connectivity index (χ3v) is 7.25. The van der Waals surface area contributed by atoms with E-state index in [1.165, 1.54) is 0 Å². The summed E-state index contributed by atoms with van der Waals surface area (Å²) in [5.74, 6) is 1.43. The van der Waals surface area contributed by atoms with E-state index in [9.17, 15) is 0 Å². The maximum Gasteiger partial charge on any atom is 0.141 e. The van der Waals surface area contributed by atoms with E-state index in [2.05, 4.69) is 83.2 Å². The Morgan fingerprint density at radius 3 is 2.32 bits per heavy atom. The van der Waals surface area contributed by atoms with Gasteiger partial charge in [-0.25, -0.2) is 0 Å². The summed E-state index contributed by atoms with van der Waals surface area (Å²) in [7, 11) is 0. The van der Waals surface area contributed by atoms with E-state index in [1.807, 2.05) is 58.3 Å². The molecule has 0 saturated carbocycles. The molecule has 0 saturated heterocycles. The van der Waals surface area contributed by atoms with Gasteiger partial charge >= 0.3 is 0 Å². The molecule has 0 N–H and O–H groups in total. The second kappa shape index (κ2) is 10.9. The lowest BCUT2D eigenvalue weighted by Crippen LogP contribution is -2.13. The fourth-order valence-electron chi connectivity index (χ4n) is 5.42. The zero-order valence-corrected chi connectivity index (χ0v) is 23.7. The van der Waals surface area contributed by atoms with E-state index >= 15 is 0 Å². The van der Waals surface area contributed by atoms with Crippen molar-refractivity contribution >= 4 is 16.8 Å². The monoisotopic (exact) mass is 540 g/mol. The van der Waals surface area contributed by atoms with Crippen LogP contribution in [0.3, 0.4) is 0 Å². The highest BCUT2D eigenvalue weighted by Gasteiger charge is 2.24. The van der Waals surface area contributed by atoms with Crippen LogP contribution < -0.4 is 0 Å². The number of aryl methyl sites for hydroxylation is 2. The Kier molecular flexibility index (Phi) is 6.98. The highest BCUT2D eigenvalue weighted by Crippen LogP contribution is 2.38. The summed E-state index contributed by atoms with van der Waals surface area (Å²) in [6, 6.07) is 26.8. The summed E-state index contributed by atoms with van der Waals surface area (Å²) in [6.45, 7) is 12.0. The van der Waals surface area contributed by atoms with Gasteiger partial charge in [0.05, 0.1) is 28.5 Å². The third kappa shape index (κ3) is 5.05. The van der Waals surface area contributed by atoms with Gasteiger partial charge in [-0.2, -0.15) is 0 Å². The maximum atomic E-state index is 5.82. The van der Waals surface area contributed by atoms with Crippen molar-refractivity contribution in [1.82, 2.24) is 19.7 Å². The molecular weight excluding hydrogens is 508 g/mol. The minimum Gasteiger partial charge on any atom is -0.491 e. The maximum absolute atomic E-state index is 5.82. The molecule has 0 fully saturated rings. The largest absolute Gasteiger partial charge is 0.491 e. The molecule has 4 heterocycles. The molecule has 0 aliphatic heterocycles. The van der Waals surface area contributed by atoms with Crippen LogP contribution in [0.15, 0.2) is 109 Å². The van der Waals surface area contributed by atoms with Crippen LogP contribution in [-0.4, -0.2) is 25.8 Å². The van der Waals surface area contributed by atoms with Crippen LogP contribution in [0.25, 0.3) is 39.0 Å². The summed E-state index contributed by atoms with van der Waals surface area (Å²) in [6.07, 6.45) is 6.01. The molecule has 6 nitrogen and oxygen atoms in total. The van der Waals surface area contributed by atoms with Crippen molar-refractivity contribution in [3.05, 3.63) is 132 Å². The van der Waals surface area contributed by atoms with Crippen molar-refractivity contribution < 1.29 is 9.26 Å². The van der Waals surface area contributed by atoms with Crippen LogP contribution in [0.5, 0.6) is 0 Å². The van der Waals surface area contributed by atoms with Crippen molar-refractivity contribution in [2.45, 2.75) is 39.8 Å². The molecular formula is C35H32N4O2. The van der Waals surface area contributed by atoms with Crippen molar-refractivity contribution in [3.63, 3.8) is 0 Å². The highest BCUT2D eigenvalue weighted by atomic mass is 16.5. The van der Waals surface area contributed by atoms with Crippen LogP contribution in [-0.2, 0) is 4.74 Å². The SMILES string of the molecule is C=C(OC(C)C)c1ccc(-c2cn(C(c3ccccc3)c3ccccn3)c3cc(-c4c(C)noc4C)cnc23)cc1. The molecule has 6 aromatic rings. The predicted molar refractivity (Wildman–Crippen MR) is 163 cm³/mol. The lowest BCUT2D eigenvalue weighted by Gasteiger charge is -2.20. The van der Waals surface area contributed by atoms with Crippen LogP contribution in [0.4, 0.5) is 0 Å². The standard InChI is InChI=1S/C35H32N4O2/c1-22(2)40-24(4)26-14-16-27(17-15-26)30-21-39(35(28-11-7-6-8-12-28)31-13-9-10-18-36-31)32-19-29(20-37-34(30)32)33-23(3)38-41-25(33)5/h6-22,35H,4H2,1-3,5H3. The fourth-order valence-corrected chi connectivity index (χ4v) is 5.42. The average molecular weight is 541 g/mol. The number of pyridine rings is 2. The van der Waals surface area contributed by atoms with Crippen LogP contribution in [0.2, 0.25) is 0 Å². The average Bonchev–Trinajstić information content (AvgIpc) is 3.52. The van der Waals surface area contributed by atoms with Gasteiger partial charge in [0.2, 0.25) is 0 Å². The Morgan fingerprint density at radius 1 is 0.902 bits per heavy atom. The zero-order chi connectivity index (χ0) is 28.5. The minimum absolute atomic E-state index is 0.0674. The van der Waals surface area contributed by atoms with Gasteiger partial charge in [-0.1, -0.05) is 72.4 Å². The molecule has 0 aliphatic rings. The highest BCUT2D eigenvalue weighted by molar-refractivity contribution is 5.95. The first-order valence-corrected chi connectivity index (χ1v) is 13.8. The molecule has 0 amide bonds. The summed E-state index contributed by atoms with van der Waals surface area (Å²) in [5, 5.41) is 4.18. The van der Waals surface area contributed by atoms with Gasteiger partial charge in [-0.05, 0) is 57.0 Å². The molecule has 2 aromatic carbocycles. The molecule has 41 heavy (non-hydrogen) atoms. The Balaban J connectivity index is 1.57. The number of nitrogens with zero attached hydrogens (tertiary/aromatic N) is 4. The van der Waals surface area contributed by atoms with Gasteiger partial charge in [0.1, 0.15) is 17.6 Å². The number of rotatable bonds is 8. The Morgan fingerprint density at radius 2 is 1.66 bits per heavy atom. The second-order valence-corrected chi connectivity index (χ2v) is 10.5. The number of hydrogen-bond acceptors (Lipinski definition) is 5. The Labute approximate surface area is 240 Å². The molecule has 0 aliphatic carbocycles. The van der Waals surface area contributed by atoms with Gasteiger partial charge in [-0.15, -0.1) is 0 Å². The molecule has 0 spiro atoms. The molecule has 4 aromatic heterocycles. The van der Waals surface area contributed by atoms with E-state index in [-0.39, 0.29) is 12.1 Å². The van der Waals surface area contributed by atoms with Crippen LogP contribution in [0, 0.1) is 13.8 Å². The molecule has 1 atom stereocenters. The van der Waals surface area contributed by atoms with E-state index in [1.54, 1.807) is 0 Å². The molecule has 0 bridgehead atoms. The van der Waals surface area contributed by atoms with Gasteiger partial charge in [-0.3, -0.25) is 9.97 Å². The summed E-state index contributed by atoms with van der Waals surface area (Å²) >= 11 is 0. The van der Waals surface area contributed by atoms with E-state index in [4.69, 9.17) is 19.2 Å². The van der Waals surface area contributed by atoms with Crippen molar-refractivity contribution in [2.75, 3.05) is 0 Å². The van der Waals surface area contributed by atoms with Gasteiger partial charge < -0.3 is 13.8 Å². The predicted octanol–water partition coefficient (Wildman–Crippen LogP) is 8.40. The van der Waals surface area contributed by atoms with Crippen LogP contribution in [0.1, 0.15) is 48.2 Å². The second-order valence-electron chi connectivity index (χ2n) is 10.5. The molecule has 6 heteroatoms. The topological polar surface area (TPSA) is 66.0 Å². The molecule has 0 radical (unpaired) electrons. The van der Waals surface area contributed by atoms with E-state index < -0.39 is 0 Å². The van der Waals surface area contributed by atoms with Gasteiger partial charge in [0, 0.05) is 40.8 Å². The molecule has 204 valence electrons. The van der Waals surface area contributed by atoms with E-state index in [0.29, 0.717) is 5.76 Å².